The monoisotopic (exact) mass is 267 g/mol. The van der Waals surface area contributed by atoms with Gasteiger partial charge in [-0.25, -0.2) is 0 Å². The van der Waals surface area contributed by atoms with Crippen LogP contribution < -0.4 is 0 Å². The van der Waals surface area contributed by atoms with Crippen molar-refractivity contribution in [3.05, 3.63) is 57.2 Å². The maximum absolute atomic E-state index is 10.5. The summed E-state index contributed by atoms with van der Waals surface area (Å²) in [5.74, 6) is -0.242. The highest BCUT2D eigenvalue weighted by Crippen LogP contribution is 2.19. The van der Waals surface area contributed by atoms with Crippen molar-refractivity contribution < 1.29 is 10.0 Å². The Balaban J connectivity index is 2.11. The van der Waals surface area contributed by atoms with E-state index in [0.29, 0.717) is 10.6 Å². The molecule has 1 aromatic carbocycles. The van der Waals surface area contributed by atoms with Gasteiger partial charge in [0, 0.05) is 5.02 Å². The number of aliphatic hydroxyl groups is 1. The number of rotatable bonds is 4. The molecule has 94 valence electrons. The van der Waals surface area contributed by atoms with E-state index in [9.17, 15) is 15.2 Å². The van der Waals surface area contributed by atoms with Gasteiger partial charge in [0.05, 0.1) is 23.9 Å². The van der Waals surface area contributed by atoms with Gasteiger partial charge in [-0.3, -0.25) is 0 Å². The van der Waals surface area contributed by atoms with E-state index in [1.807, 2.05) is 0 Å². The SMILES string of the molecule is O=[N+]([O-])c1ccn(C[C@@H](O)c2cccc(Cl)c2)n1. The normalized spacial score (nSPS) is 12.3. The van der Waals surface area contributed by atoms with Crippen molar-refractivity contribution in [3.8, 4) is 0 Å². The van der Waals surface area contributed by atoms with Gasteiger partial charge >= 0.3 is 5.82 Å². The molecule has 1 aromatic heterocycles. The van der Waals surface area contributed by atoms with Crippen LogP contribution in [0.15, 0.2) is 36.5 Å². The van der Waals surface area contributed by atoms with E-state index < -0.39 is 11.0 Å². The van der Waals surface area contributed by atoms with E-state index in [1.54, 1.807) is 24.3 Å². The molecule has 2 rings (SSSR count). The lowest BCUT2D eigenvalue weighted by Gasteiger charge is -2.09. The van der Waals surface area contributed by atoms with E-state index in [2.05, 4.69) is 5.10 Å². The molecule has 18 heavy (non-hydrogen) atoms. The van der Waals surface area contributed by atoms with Gasteiger partial charge in [-0.2, -0.15) is 4.68 Å². The quantitative estimate of drug-likeness (QED) is 0.680. The lowest BCUT2D eigenvalue weighted by Crippen LogP contribution is -2.09. The van der Waals surface area contributed by atoms with Gasteiger partial charge in [0.25, 0.3) is 0 Å². The third kappa shape index (κ3) is 2.85. The van der Waals surface area contributed by atoms with Gasteiger partial charge in [0.1, 0.15) is 6.10 Å². The maximum Gasteiger partial charge on any atom is 0.389 e. The van der Waals surface area contributed by atoms with Crippen LogP contribution in [0.2, 0.25) is 5.02 Å². The predicted molar refractivity (Wildman–Crippen MR) is 65.3 cm³/mol. The Bertz CT molecular complexity index is 570. The molecule has 0 aliphatic rings. The fourth-order valence-corrected chi connectivity index (χ4v) is 1.75. The fraction of sp³-hybridized carbons (Fsp3) is 0.182. The lowest BCUT2D eigenvalue weighted by atomic mass is 10.1. The van der Waals surface area contributed by atoms with Crippen molar-refractivity contribution >= 4 is 17.4 Å². The van der Waals surface area contributed by atoms with Crippen LogP contribution in [0.4, 0.5) is 5.82 Å². The average Bonchev–Trinajstić information content (AvgIpc) is 2.77. The number of halogens is 1. The Hall–Kier alpha value is -1.92. The Labute approximate surface area is 108 Å². The van der Waals surface area contributed by atoms with Gasteiger partial charge < -0.3 is 15.2 Å². The second-order valence-corrected chi connectivity index (χ2v) is 4.16. The summed E-state index contributed by atoms with van der Waals surface area (Å²) in [6, 6.07) is 8.09. The molecule has 1 atom stereocenters. The molecule has 0 aliphatic carbocycles. The molecule has 1 heterocycles. The van der Waals surface area contributed by atoms with Crippen molar-refractivity contribution in [2.45, 2.75) is 12.6 Å². The van der Waals surface area contributed by atoms with Gasteiger partial charge in [-0.15, -0.1) is 0 Å². The topological polar surface area (TPSA) is 81.2 Å². The molecule has 0 saturated heterocycles. The van der Waals surface area contributed by atoms with E-state index in [0.717, 1.165) is 0 Å². The zero-order valence-corrected chi connectivity index (χ0v) is 9.99. The lowest BCUT2D eigenvalue weighted by molar-refractivity contribution is -0.389. The molecule has 0 bridgehead atoms. The molecule has 0 unspecified atom stereocenters. The minimum Gasteiger partial charge on any atom is -0.386 e. The molecule has 0 spiro atoms. The zero-order chi connectivity index (χ0) is 13.1. The summed E-state index contributed by atoms with van der Waals surface area (Å²) in [4.78, 5) is 9.88. The number of nitrogens with zero attached hydrogens (tertiary/aromatic N) is 3. The largest absolute Gasteiger partial charge is 0.389 e. The minimum atomic E-state index is -0.816. The van der Waals surface area contributed by atoms with Gasteiger partial charge in [0.2, 0.25) is 0 Å². The third-order valence-electron chi connectivity index (χ3n) is 2.41. The van der Waals surface area contributed by atoms with E-state index >= 15 is 0 Å². The highest BCUT2D eigenvalue weighted by molar-refractivity contribution is 6.30. The summed E-state index contributed by atoms with van der Waals surface area (Å²) in [5, 5.41) is 24.7. The molecule has 7 heteroatoms. The third-order valence-corrected chi connectivity index (χ3v) is 2.64. The molecule has 2 aromatic rings. The highest BCUT2D eigenvalue weighted by Gasteiger charge is 2.15. The van der Waals surface area contributed by atoms with Crippen LogP contribution >= 0.6 is 11.6 Å². The maximum atomic E-state index is 10.5. The Morgan fingerprint density at radius 2 is 2.28 bits per heavy atom. The van der Waals surface area contributed by atoms with Crippen LogP contribution in [0, 0.1) is 10.1 Å². The second-order valence-electron chi connectivity index (χ2n) is 3.72. The standard InChI is InChI=1S/C11H10ClN3O3/c12-9-3-1-2-8(6-9)10(16)7-14-5-4-11(13-14)15(17)18/h1-6,10,16H,7H2/t10-/m1/s1. The van der Waals surface area contributed by atoms with Crippen molar-refractivity contribution in [2.24, 2.45) is 0 Å². The first-order valence-corrected chi connectivity index (χ1v) is 5.55. The van der Waals surface area contributed by atoms with Gasteiger partial charge in [0.15, 0.2) is 0 Å². The number of benzene rings is 1. The molecule has 0 aliphatic heterocycles. The van der Waals surface area contributed by atoms with Gasteiger partial charge in [-0.1, -0.05) is 23.7 Å². The first-order valence-electron chi connectivity index (χ1n) is 5.17. The molecule has 0 saturated carbocycles. The van der Waals surface area contributed by atoms with Crippen molar-refractivity contribution in [2.75, 3.05) is 0 Å². The summed E-state index contributed by atoms with van der Waals surface area (Å²) in [6.45, 7) is 0.133. The molecular formula is C11H10ClN3O3. The van der Waals surface area contributed by atoms with Crippen molar-refractivity contribution in [1.29, 1.82) is 0 Å². The van der Waals surface area contributed by atoms with E-state index in [-0.39, 0.29) is 12.4 Å². The minimum absolute atomic E-state index is 0.133. The summed E-state index contributed by atoms with van der Waals surface area (Å²) < 4.78 is 1.32. The molecule has 0 amide bonds. The first-order chi connectivity index (χ1) is 8.56. The molecular weight excluding hydrogens is 258 g/mol. The van der Waals surface area contributed by atoms with E-state index in [1.165, 1.54) is 16.9 Å². The van der Waals surface area contributed by atoms with Crippen molar-refractivity contribution in [3.63, 3.8) is 0 Å². The average molecular weight is 268 g/mol. The van der Waals surface area contributed by atoms with Crippen LogP contribution in [0.25, 0.3) is 0 Å². The number of hydrogen-bond donors (Lipinski definition) is 1. The smallest absolute Gasteiger partial charge is 0.386 e. The number of nitro groups is 1. The Morgan fingerprint density at radius 3 is 2.89 bits per heavy atom. The van der Waals surface area contributed by atoms with Crippen LogP contribution in [-0.4, -0.2) is 19.8 Å². The molecule has 6 nitrogen and oxygen atoms in total. The fourth-order valence-electron chi connectivity index (χ4n) is 1.55. The highest BCUT2D eigenvalue weighted by atomic mass is 35.5. The van der Waals surface area contributed by atoms with E-state index in [4.69, 9.17) is 11.6 Å². The number of aliphatic hydroxyl groups excluding tert-OH is 1. The van der Waals surface area contributed by atoms with Gasteiger partial charge in [-0.05, 0) is 22.6 Å². The summed E-state index contributed by atoms with van der Waals surface area (Å²) in [6.07, 6.45) is 0.634. The second kappa shape index (κ2) is 5.16. The van der Waals surface area contributed by atoms with Crippen LogP contribution in [0.5, 0.6) is 0 Å². The Morgan fingerprint density at radius 1 is 1.50 bits per heavy atom. The summed E-state index contributed by atoms with van der Waals surface area (Å²) >= 11 is 5.81. The number of hydrogen-bond acceptors (Lipinski definition) is 4. The molecule has 0 fully saturated rings. The summed E-state index contributed by atoms with van der Waals surface area (Å²) in [7, 11) is 0. The number of aromatic nitrogens is 2. The predicted octanol–water partition coefficient (Wildman–Crippen LogP) is 2.18. The molecule has 1 N–H and O–H groups in total. The summed E-state index contributed by atoms with van der Waals surface area (Å²) in [5.41, 5.74) is 0.639. The van der Waals surface area contributed by atoms with Crippen LogP contribution in [0.3, 0.4) is 0 Å². The first kappa shape index (κ1) is 12.5. The Kier molecular flexibility index (Phi) is 3.59. The van der Waals surface area contributed by atoms with Crippen LogP contribution in [-0.2, 0) is 6.54 Å². The zero-order valence-electron chi connectivity index (χ0n) is 9.23. The van der Waals surface area contributed by atoms with Crippen molar-refractivity contribution in [1.82, 2.24) is 9.78 Å². The van der Waals surface area contributed by atoms with Crippen LogP contribution in [0.1, 0.15) is 11.7 Å². The molecule has 0 radical (unpaired) electrons.